The summed E-state index contributed by atoms with van der Waals surface area (Å²) in [5.41, 5.74) is 2.75. The lowest BCUT2D eigenvalue weighted by Crippen LogP contribution is -3.00. The maximum Gasteiger partial charge on any atom is 0.255 e. The molecule has 1 N–H and O–H groups in total. The minimum Gasteiger partial charge on any atom is -1.00 e. The lowest BCUT2D eigenvalue weighted by molar-refractivity contribution is -0.671. The Morgan fingerprint density at radius 1 is 0.853 bits per heavy atom. The van der Waals surface area contributed by atoms with Gasteiger partial charge in [-0.15, -0.1) is 0 Å². The Bertz CT molecular complexity index is 1270. The number of nitrogens with one attached hydrogen (secondary N) is 1. The van der Waals surface area contributed by atoms with Gasteiger partial charge >= 0.3 is 0 Å². The second-order valence-corrected chi connectivity index (χ2v) is 7.90. The van der Waals surface area contributed by atoms with E-state index in [-0.39, 0.29) is 28.7 Å². The molecule has 1 heterocycles. The van der Waals surface area contributed by atoms with Crippen LogP contribution in [-0.2, 0) is 6.54 Å². The molecule has 0 aliphatic heterocycles. The van der Waals surface area contributed by atoms with Crippen LogP contribution in [0, 0.1) is 0 Å². The van der Waals surface area contributed by atoms with Crippen molar-refractivity contribution in [1.29, 1.82) is 0 Å². The molecule has 1 amide bonds. The van der Waals surface area contributed by atoms with Gasteiger partial charge in [-0.2, -0.15) is 4.57 Å². The van der Waals surface area contributed by atoms with E-state index < -0.39 is 0 Å². The number of hydrogen-bond donors (Lipinski definition) is 1. The van der Waals surface area contributed by atoms with Crippen LogP contribution in [0.2, 0.25) is 0 Å². The minimum atomic E-state index is -0.262. The molecule has 0 spiro atoms. The summed E-state index contributed by atoms with van der Waals surface area (Å²) < 4.78 is 8.12. The van der Waals surface area contributed by atoms with Crippen molar-refractivity contribution >= 4 is 28.3 Å². The second kappa shape index (κ2) is 12.1. The zero-order valence-electron chi connectivity index (χ0n) is 19.0. The van der Waals surface area contributed by atoms with Gasteiger partial charge < -0.3 is 27.0 Å². The van der Waals surface area contributed by atoms with Crippen molar-refractivity contribution in [2.75, 3.05) is 11.9 Å². The third-order valence-electron chi connectivity index (χ3n) is 5.52. The van der Waals surface area contributed by atoms with E-state index in [2.05, 4.69) is 52.5 Å². The van der Waals surface area contributed by atoms with E-state index in [1.54, 1.807) is 48.5 Å². The van der Waals surface area contributed by atoms with Gasteiger partial charge in [0, 0.05) is 35.1 Å². The highest BCUT2D eigenvalue weighted by atomic mass is 79.9. The maximum absolute atomic E-state index is 12.6. The summed E-state index contributed by atoms with van der Waals surface area (Å²) in [7, 11) is 0. The van der Waals surface area contributed by atoms with Gasteiger partial charge in [-0.3, -0.25) is 9.59 Å². The number of hydrogen-bond acceptors (Lipinski definition) is 3. The molecule has 5 nitrogen and oxygen atoms in total. The van der Waals surface area contributed by atoms with Crippen LogP contribution >= 0.6 is 0 Å². The molecule has 0 radical (unpaired) electrons. The first-order valence-electron chi connectivity index (χ1n) is 11.1. The average molecular weight is 519 g/mol. The molecule has 0 unspecified atom stereocenters. The van der Waals surface area contributed by atoms with E-state index in [4.69, 9.17) is 4.74 Å². The standard InChI is InChI=1S/C28H26N2O3.BrH/c1-21(31)25-11-3-4-12-26(25)29-28(32)23-14-16-24(17-15-23)33-20-7-6-18-30-19-8-10-22-9-2-5-13-27(22)30;/h2-5,8-17,19H,6-7,18,20H2,1H3;1H. The number of carbonyl (C=O) groups is 2. The van der Waals surface area contributed by atoms with E-state index in [0.29, 0.717) is 23.4 Å². The number of Topliss-reactive ketones (excluding diaryl/α,β-unsaturated/α-hetero) is 1. The number of unbranched alkanes of at least 4 members (excludes halogenated alkanes) is 1. The number of amides is 1. The number of aryl methyl sites for hydroxylation is 1. The molecule has 1 aromatic heterocycles. The molecule has 174 valence electrons. The lowest BCUT2D eigenvalue weighted by Gasteiger charge is -2.10. The molecule has 34 heavy (non-hydrogen) atoms. The number of carbonyl (C=O) groups excluding carboxylic acids is 2. The number of nitrogens with zero attached hydrogens (tertiary/aromatic N) is 1. The van der Waals surface area contributed by atoms with Gasteiger partial charge in [0.25, 0.3) is 5.91 Å². The van der Waals surface area contributed by atoms with Crippen molar-refractivity contribution in [3.05, 3.63) is 102 Å². The summed E-state index contributed by atoms with van der Waals surface area (Å²) in [6.45, 7) is 3.03. The van der Waals surface area contributed by atoms with E-state index >= 15 is 0 Å². The molecule has 0 saturated carbocycles. The number of fused-ring (bicyclic) bond motifs is 1. The molecule has 0 aliphatic rings. The van der Waals surface area contributed by atoms with Crippen molar-refractivity contribution in [2.24, 2.45) is 0 Å². The summed E-state index contributed by atoms with van der Waals surface area (Å²) in [6, 6.07) is 26.6. The van der Waals surface area contributed by atoms with Crippen molar-refractivity contribution < 1.29 is 35.9 Å². The molecule has 0 bridgehead atoms. The zero-order valence-corrected chi connectivity index (χ0v) is 20.6. The van der Waals surface area contributed by atoms with Crippen LogP contribution < -0.4 is 31.6 Å². The predicted molar refractivity (Wildman–Crippen MR) is 130 cm³/mol. The van der Waals surface area contributed by atoms with Crippen LogP contribution in [0.3, 0.4) is 0 Å². The molecular formula is C28H27BrN2O3. The monoisotopic (exact) mass is 518 g/mol. The molecule has 0 saturated heterocycles. The molecule has 4 rings (SSSR count). The normalized spacial score (nSPS) is 10.4. The Hall–Kier alpha value is -3.51. The molecule has 6 heteroatoms. The van der Waals surface area contributed by atoms with E-state index in [1.807, 2.05) is 0 Å². The number of benzene rings is 3. The van der Waals surface area contributed by atoms with E-state index in [9.17, 15) is 9.59 Å². The van der Waals surface area contributed by atoms with Gasteiger partial charge in [-0.05, 0) is 61.9 Å². The number of rotatable bonds is 9. The van der Waals surface area contributed by atoms with Crippen LogP contribution in [-0.4, -0.2) is 18.3 Å². The number of ketones is 1. The number of para-hydroxylation sites is 2. The molecule has 0 fully saturated rings. The van der Waals surface area contributed by atoms with E-state index in [1.165, 1.54) is 17.8 Å². The predicted octanol–water partition coefficient (Wildman–Crippen LogP) is 2.45. The highest BCUT2D eigenvalue weighted by Gasteiger charge is 2.11. The fourth-order valence-electron chi connectivity index (χ4n) is 3.79. The molecule has 4 aromatic rings. The minimum absolute atomic E-state index is 0. The van der Waals surface area contributed by atoms with Crippen LogP contribution in [0.4, 0.5) is 5.69 Å². The average Bonchev–Trinajstić information content (AvgIpc) is 2.84. The van der Waals surface area contributed by atoms with Crippen molar-refractivity contribution in [3.63, 3.8) is 0 Å². The highest BCUT2D eigenvalue weighted by molar-refractivity contribution is 6.09. The third kappa shape index (κ3) is 6.29. The van der Waals surface area contributed by atoms with Crippen LogP contribution in [0.25, 0.3) is 10.9 Å². The number of ether oxygens (including phenoxy) is 1. The SMILES string of the molecule is CC(=O)c1ccccc1NC(=O)c1ccc(OCCCC[n+]2cccc3ccccc32)cc1.[Br-]. The van der Waals surface area contributed by atoms with Gasteiger partial charge in [0.1, 0.15) is 12.3 Å². The lowest BCUT2D eigenvalue weighted by atomic mass is 10.1. The van der Waals surface area contributed by atoms with Crippen molar-refractivity contribution in [3.8, 4) is 5.75 Å². The second-order valence-electron chi connectivity index (χ2n) is 7.90. The quantitative estimate of drug-likeness (QED) is 0.210. The number of halogens is 1. The first-order chi connectivity index (χ1) is 16.1. The van der Waals surface area contributed by atoms with Gasteiger partial charge in [0.05, 0.1) is 12.3 Å². The smallest absolute Gasteiger partial charge is 0.255 e. The van der Waals surface area contributed by atoms with Gasteiger partial charge in [0.15, 0.2) is 12.0 Å². The molecule has 3 aromatic carbocycles. The summed E-state index contributed by atoms with van der Waals surface area (Å²) in [5, 5.41) is 4.05. The van der Waals surface area contributed by atoms with Crippen LogP contribution in [0.1, 0.15) is 40.5 Å². The fourth-order valence-corrected chi connectivity index (χ4v) is 3.79. The summed E-state index contributed by atoms with van der Waals surface area (Å²) in [4.78, 5) is 24.3. The third-order valence-corrected chi connectivity index (χ3v) is 5.52. The first-order valence-corrected chi connectivity index (χ1v) is 11.1. The largest absolute Gasteiger partial charge is 1.00 e. The number of pyridine rings is 1. The topological polar surface area (TPSA) is 59.3 Å². The fraction of sp³-hybridized carbons (Fsp3) is 0.179. The van der Waals surface area contributed by atoms with Gasteiger partial charge in [-0.25, -0.2) is 0 Å². The maximum atomic E-state index is 12.6. The first kappa shape index (κ1) is 25.1. The van der Waals surface area contributed by atoms with Gasteiger partial charge in [-0.1, -0.05) is 24.3 Å². The number of aromatic nitrogens is 1. The Balaban J connectivity index is 0.00000324. The Labute approximate surface area is 210 Å². The highest BCUT2D eigenvalue weighted by Crippen LogP contribution is 2.18. The Morgan fingerprint density at radius 2 is 1.56 bits per heavy atom. The van der Waals surface area contributed by atoms with Crippen molar-refractivity contribution in [1.82, 2.24) is 0 Å². The van der Waals surface area contributed by atoms with Crippen LogP contribution in [0.15, 0.2) is 91.1 Å². The van der Waals surface area contributed by atoms with Crippen LogP contribution in [0.5, 0.6) is 5.75 Å². The molecule has 0 aliphatic carbocycles. The number of anilines is 1. The molecular weight excluding hydrogens is 492 g/mol. The Kier molecular flexibility index (Phi) is 8.93. The molecule has 0 atom stereocenters. The van der Waals surface area contributed by atoms with E-state index in [0.717, 1.165) is 25.1 Å². The zero-order chi connectivity index (χ0) is 23.0. The summed E-state index contributed by atoms with van der Waals surface area (Å²) >= 11 is 0. The van der Waals surface area contributed by atoms with Crippen molar-refractivity contribution in [2.45, 2.75) is 26.3 Å². The summed E-state index contributed by atoms with van der Waals surface area (Å²) in [5.74, 6) is 0.379. The Morgan fingerprint density at radius 3 is 2.35 bits per heavy atom. The van der Waals surface area contributed by atoms with Gasteiger partial charge in [0.2, 0.25) is 5.52 Å². The summed E-state index contributed by atoms with van der Waals surface area (Å²) in [6.07, 6.45) is 4.05.